The van der Waals surface area contributed by atoms with E-state index in [4.69, 9.17) is 11.6 Å². The van der Waals surface area contributed by atoms with Gasteiger partial charge in [-0.25, -0.2) is 4.79 Å². The molecule has 1 aromatic carbocycles. The molecule has 7 heteroatoms. The summed E-state index contributed by atoms with van der Waals surface area (Å²) in [7, 11) is 0. The molecule has 6 nitrogen and oxygen atoms in total. The molecule has 0 bridgehead atoms. The maximum Gasteiger partial charge on any atom is 0.330 e. The van der Waals surface area contributed by atoms with Gasteiger partial charge in [-0.2, -0.15) is 0 Å². The monoisotopic (exact) mass is 363 g/mol. The Morgan fingerprint density at radius 2 is 2.08 bits per heavy atom. The number of nitrogens with one attached hydrogen (secondary N) is 2. The fraction of sp³-hybridized carbons (Fsp3) is 0.444. The molecule has 134 valence electrons. The molecule has 0 aliphatic heterocycles. The van der Waals surface area contributed by atoms with Gasteiger partial charge in [-0.05, 0) is 38.0 Å². The van der Waals surface area contributed by atoms with Crippen molar-refractivity contribution in [2.24, 2.45) is 0 Å². The molecule has 1 heterocycles. The molecule has 1 aliphatic carbocycles. The highest BCUT2D eigenvalue weighted by Gasteiger charge is 2.29. The van der Waals surface area contributed by atoms with E-state index in [9.17, 15) is 14.7 Å². The topological polar surface area (TPSA) is 87.1 Å². The Kier molecular flexibility index (Phi) is 5.01. The number of aromatic nitrogens is 2. The lowest BCUT2D eigenvalue weighted by Gasteiger charge is -2.32. The maximum absolute atomic E-state index is 12.5. The van der Waals surface area contributed by atoms with E-state index in [0.29, 0.717) is 23.6 Å². The van der Waals surface area contributed by atoms with E-state index in [1.807, 2.05) is 0 Å². The molecule has 25 heavy (non-hydrogen) atoms. The van der Waals surface area contributed by atoms with Crippen LogP contribution in [-0.2, 0) is 0 Å². The number of imidazole rings is 1. The largest absolute Gasteiger partial charge is 0.388 e. The van der Waals surface area contributed by atoms with Crippen molar-refractivity contribution in [2.45, 2.75) is 44.6 Å². The highest BCUT2D eigenvalue weighted by Crippen LogP contribution is 2.27. The zero-order chi connectivity index (χ0) is 18.0. The quantitative estimate of drug-likeness (QED) is 0.780. The van der Waals surface area contributed by atoms with Gasteiger partial charge in [0.2, 0.25) is 0 Å². The summed E-state index contributed by atoms with van der Waals surface area (Å²) in [4.78, 5) is 27.1. The molecule has 0 saturated heterocycles. The van der Waals surface area contributed by atoms with E-state index in [2.05, 4.69) is 10.3 Å². The molecule has 3 N–H and O–H groups in total. The lowest BCUT2D eigenvalue weighted by atomic mass is 9.85. The highest BCUT2D eigenvalue weighted by molar-refractivity contribution is 6.33. The number of amides is 1. The van der Waals surface area contributed by atoms with Crippen molar-refractivity contribution in [3.05, 3.63) is 51.2 Å². The number of carbonyl (C=O) groups is 1. The Labute approximate surface area is 150 Å². The molecule has 3 rings (SSSR count). The van der Waals surface area contributed by atoms with Crippen LogP contribution in [0.4, 0.5) is 0 Å². The van der Waals surface area contributed by atoms with Crippen molar-refractivity contribution < 1.29 is 9.90 Å². The van der Waals surface area contributed by atoms with Crippen molar-refractivity contribution in [3.63, 3.8) is 0 Å². The Balaban J connectivity index is 1.79. The SMILES string of the molecule is Cc1cn(-c2ccc(Cl)c(C(=O)NCC3(O)CCCCC3)c2)c(=O)[nH]1. The summed E-state index contributed by atoms with van der Waals surface area (Å²) in [6.07, 6.45) is 6.11. The molecular weight excluding hydrogens is 342 g/mol. The van der Waals surface area contributed by atoms with Gasteiger partial charge in [-0.15, -0.1) is 0 Å². The molecule has 0 radical (unpaired) electrons. The molecule has 0 atom stereocenters. The minimum absolute atomic E-state index is 0.204. The molecule has 0 spiro atoms. The number of hydrogen-bond acceptors (Lipinski definition) is 3. The van der Waals surface area contributed by atoms with Crippen LogP contribution in [-0.4, -0.2) is 32.7 Å². The second kappa shape index (κ2) is 7.06. The van der Waals surface area contributed by atoms with Crippen LogP contribution < -0.4 is 11.0 Å². The van der Waals surface area contributed by atoms with E-state index in [-0.39, 0.29) is 23.7 Å². The number of benzene rings is 1. The Morgan fingerprint density at radius 3 is 2.72 bits per heavy atom. The van der Waals surface area contributed by atoms with Gasteiger partial charge < -0.3 is 15.4 Å². The van der Waals surface area contributed by atoms with E-state index < -0.39 is 5.60 Å². The molecule has 1 fully saturated rings. The lowest BCUT2D eigenvalue weighted by Crippen LogP contribution is -2.44. The number of H-pyrrole nitrogens is 1. The van der Waals surface area contributed by atoms with Crippen LogP contribution in [0.3, 0.4) is 0 Å². The number of aliphatic hydroxyl groups is 1. The minimum Gasteiger partial charge on any atom is -0.388 e. The smallest absolute Gasteiger partial charge is 0.330 e. The third-order valence-electron chi connectivity index (χ3n) is 4.68. The van der Waals surface area contributed by atoms with E-state index in [1.165, 1.54) is 4.57 Å². The van der Waals surface area contributed by atoms with Crippen molar-refractivity contribution in [1.29, 1.82) is 0 Å². The average Bonchev–Trinajstić information content (AvgIpc) is 2.92. The normalized spacial score (nSPS) is 16.6. The Morgan fingerprint density at radius 1 is 1.36 bits per heavy atom. The van der Waals surface area contributed by atoms with E-state index in [1.54, 1.807) is 31.3 Å². The van der Waals surface area contributed by atoms with Crippen molar-refractivity contribution in [2.75, 3.05) is 6.54 Å². The maximum atomic E-state index is 12.5. The van der Waals surface area contributed by atoms with Gasteiger partial charge in [0.1, 0.15) is 0 Å². The van der Waals surface area contributed by atoms with Gasteiger partial charge >= 0.3 is 5.69 Å². The van der Waals surface area contributed by atoms with Gasteiger partial charge in [0.05, 0.1) is 21.9 Å². The summed E-state index contributed by atoms with van der Waals surface area (Å²) < 4.78 is 1.43. The van der Waals surface area contributed by atoms with Gasteiger partial charge in [0, 0.05) is 18.4 Å². The summed E-state index contributed by atoms with van der Waals surface area (Å²) in [6.45, 7) is 1.99. The van der Waals surface area contributed by atoms with Crippen molar-refractivity contribution >= 4 is 17.5 Å². The van der Waals surface area contributed by atoms with Crippen LogP contribution in [0.25, 0.3) is 5.69 Å². The predicted octanol–water partition coefficient (Wildman–Crippen LogP) is 2.55. The summed E-state index contributed by atoms with van der Waals surface area (Å²) in [5, 5.41) is 13.6. The zero-order valence-corrected chi connectivity index (χ0v) is 14.9. The number of hydrogen-bond donors (Lipinski definition) is 3. The molecule has 0 unspecified atom stereocenters. The standard InChI is InChI=1S/C18H22ClN3O3/c1-12-10-22(17(24)21-12)13-5-6-15(19)14(9-13)16(23)20-11-18(25)7-3-2-4-8-18/h5-6,9-10,25H,2-4,7-8,11H2,1H3,(H,20,23)(H,21,24). The fourth-order valence-electron chi connectivity index (χ4n) is 3.27. The van der Waals surface area contributed by atoms with Crippen LogP contribution in [0.2, 0.25) is 5.02 Å². The number of carbonyl (C=O) groups excluding carboxylic acids is 1. The lowest BCUT2D eigenvalue weighted by molar-refractivity contribution is 0.00526. The van der Waals surface area contributed by atoms with Crippen LogP contribution in [0.5, 0.6) is 0 Å². The number of nitrogens with zero attached hydrogens (tertiary/aromatic N) is 1. The first kappa shape index (κ1) is 17.8. The number of halogens is 1. The minimum atomic E-state index is -0.841. The van der Waals surface area contributed by atoms with Crippen molar-refractivity contribution in [1.82, 2.24) is 14.9 Å². The third-order valence-corrected chi connectivity index (χ3v) is 5.01. The molecule has 1 aromatic heterocycles. The Hall–Kier alpha value is -2.05. The van der Waals surface area contributed by atoms with E-state index >= 15 is 0 Å². The fourth-order valence-corrected chi connectivity index (χ4v) is 3.47. The van der Waals surface area contributed by atoms with Gasteiger partial charge in [-0.3, -0.25) is 9.36 Å². The molecule has 2 aromatic rings. The number of aryl methyl sites for hydroxylation is 1. The first-order valence-electron chi connectivity index (χ1n) is 8.47. The zero-order valence-electron chi connectivity index (χ0n) is 14.1. The first-order valence-corrected chi connectivity index (χ1v) is 8.85. The molecule has 1 saturated carbocycles. The number of aromatic amines is 1. The van der Waals surface area contributed by atoms with Gasteiger partial charge in [-0.1, -0.05) is 30.9 Å². The number of rotatable bonds is 4. The second-order valence-electron chi connectivity index (χ2n) is 6.74. The summed E-state index contributed by atoms with van der Waals surface area (Å²) in [5.41, 5.74) is 0.449. The van der Waals surface area contributed by atoms with Crippen LogP contribution in [0, 0.1) is 6.92 Å². The molecule has 1 aliphatic rings. The Bertz CT molecular complexity index is 834. The van der Waals surface area contributed by atoms with Crippen molar-refractivity contribution in [3.8, 4) is 5.69 Å². The van der Waals surface area contributed by atoms with Gasteiger partial charge in [0.25, 0.3) is 5.91 Å². The highest BCUT2D eigenvalue weighted by atomic mass is 35.5. The average molecular weight is 364 g/mol. The van der Waals surface area contributed by atoms with Crippen LogP contribution >= 0.6 is 11.6 Å². The summed E-state index contributed by atoms with van der Waals surface area (Å²) >= 11 is 6.16. The summed E-state index contributed by atoms with van der Waals surface area (Å²) in [6, 6.07) is 4.86. The first-order chi connectivity index (χ1) is 11.9. The molecular formula is C18H22ClN3O3. The van der Waals surface area contributed by atoms with Gasteiger partial charge in [0.15, 0.2) is 0 Å². The third kappa shape index (κ3) is 3.96. The summed E-state index contributed by atoms with van der Waals surface area (Å²) in [5.74, 6) is -0.355. The van der Waals surface area contributed by atoms with E-state index in [0.717, 1.165) is 25.0 Å². The second-order valence-corrected chi connectivity index (χ2v) is 7.15. The van der Waals surface area contributed by atoms with Crippen LogP contribution in [0.15, 0.2) is 29.2 Å². The molecule has 1 amide bonds. The van der Waals surface area contributed by atoms with Crippen LogP contribution in [0.1, 0.15) is 48.2 Å². The predicted molar refractivity (Wildman–Crippen MR) is 96.5 cm³/mol.